The van der Waals surface area contributed by atoms with Crippen molar-refractivity contribution in [3.63, 3.8) is 0 Å². The van der Waals surface area contributed by atoms with E-state index < -0.39 is 11.7 Å². The van der Waals surface area contributed by atoms with E-state index in [0.717, 1.165) is 19.3 Å². The first-order chi connectivity index (χ1) is 12.4. The number of benzene rings is 1. The van der Waals surface area contributed by atoms with Gasteiger partial charge in [0, 0.05) is 44.7 Å². The molecule has 2 rings (SSSR count). The molecule has 7 nitrogen and oxygen atoms in total. The molecule has 1 fully saturated rings. The lowest BCUT2D eigenvalue weighted by molar-refractivity contribution is -0.121. The van der Waals surface area contributed by atoms with Crippen LogP contribution in [0.5, 0.6) is 0 Å². The molecular weight excluding hydrogens is 375 g/mol. The van der Waals surface area contributed by atoms with E-state index in [9.17, 15) is 18.8 Å². The first kappa shape index (κ1) is 22.9. The number of piperidine rings is 1. The molecule has 1 aliphatic heterocycles. The van der Waals surface area contributed by atoms with Gasteiger partial charge in [-0.25, -0.2) is 4.39 Å². The lowest BCUT2D eigenvalue weighted by Crippen LogP contribution is -2.49. The van der Waals surface area contributed by atoms with Crippen molar-refractivity contribution >= 4 is 35.8 Å². The van der Waals surface area contributed by atoms with Gasteiger partial charge in [0.05, 0.1) is 5.56 Å². The van der Waals surface area contributed by atoms with Gasteiger partial charge < -0.3 is 21.3 Å². The van der Waals surface area contributed by atoms with Gasteiger partial charge in [-0.3, -0.25) is 14.4 Å². The lowest BCUT2D eigenvalue weighted by atomic mass is 10.00. The average molecular weight is 401 g/mol. The van der Waals surface area contributed by atoms with E-state index in [-0.39, 0.29) is 48.8 Å². The predicted octanol–water partition coefficient (Wildman–Crippen LogP) is 1.67. The molecule has 0 bridgehead atoms. The minimum atomic E-state index is -0.638. The summed E-state index contributed by atoms with van der Waals surface area (Å²) in [5.74, 6) is -1.54. The van der Waals surface area contributed by atoms with E-state index in [1.165, 1.54) is 25.1 Å². The maximum Gasteiger partial charge on any atom is 0.257 e. The van der Waals surface area contributed by atoms with Crippen LogP contribution in [0.3, 0.4) is 0 Å². The summed E-state index contributed by atoms with van der Waals surface area (Å²) >= 11 is 0. The molecule has 1 aliphatic rings. The number of nitrogens with two attached hydrogens (primary N) is 1. The van der Waals surface area contributed by atoms with Gasteiger partial charge in [0.15, 0.2) is 0 Å². The summed E-state index contributed by atoms with van der Waals surface area (Å²) in [5, 5.41) is 5.33. The summed E-state index contributed by atoms with van der Waals surface area (Å²) in [6.07, 6.45) is 2.73. The number of carbonyl (C=O) groups excluding carboxylic acids is 3. The molecule has 1 aromatic carbocycles. The molecule has 1 unspecified atom stereocenters. The summed E-state index contributed by atoms with van der Waals surface area (Å²) in [6, 6.07) is 3.73. The number of hydrogen-bond acceptors (Lipinski definition) is 4. The SMILES string of the molecule is CC(=O)Nc1ccc(F)c(C(=O)N2CCCCC2CNC(=O)CCN)c1.Cl. The molecule has 1 heterocycles. The van der Waals surface area contributed by atoms with E-state index in [4.69, 9.17) is 5.73 Å². The Morgan fingerprint density at radius 3 is 2.70 bits per heavy atom. The maximum atomic E-state index is 14.2. The minimum Gasteiger partial charge on any atom is -0.354 e. The van der Waals surface area contributed by atoms with Crippen molar-refractivity contribution < 1.29 is 18.8 Å². The number of hydrogen-bond donors (Lipinski definition) is 3. The Balaban J connectivity index is 0.00000364. The Kier molecular flexibility index (Phi) is 9.17. The van der Waals surface area contributed by atoms with Gasteiger partial charge in [0.25, 0.3) is 5.91 Å². The summed E-state index contributed by atoms with van der Waals surface area (Å²) in [4.78, 5) is 37.3. The number of rotatable bonds is 6. The Morgan fingerprint density at radius 1 is 1.30 bits per heavy atom. The molecule has 0 aromatic heterocycles. The van der Waals surface area contributed by atoms with Crippen LogP contribution in [-0.4, -0.2) is 48.3 Å². The first-order valence-corrected chi connectivity index (χ1v) is 8.77. The van der Waals surface area contributed by atoms with Crippen LogP contribution in [-0.2, 0) is 9.59 Å². The van der Waals surface area contributed by atoms with E-state index in [2.05, 4.69) is 10.6 Å². The highest BCUT2D eigenvalue weighted by Crippen LogP contribution is 2.22. The number of amides is 3. The van der Waals surface area contributed by atoms with Crippen molar-refractivity contribution in [2.45, 2.75) is 38.6 Å². The second-order valence-electron chi connectivity index (χ2n) is 6.37. The zero-order valence-electron chi connectivity index (χ0n) is 15.3. The molecule has 4 N–H and O–H groups in total. The van der Waals surface area contributed by atoms with Crippen molar-refractivity contribution in [1.29, 1.82) is 0 Å². The van der Waals surface area contributed by atoms with Crippen molar-refractivity contribution in [3.8, 4) is 0 Å². The Bertz CT molecular complexity index is 687. The molecule has 9 heteroatoms. The molecule has 1 atom stereocenters. The van der Waals surface area contributed by atoms with Crippen LogP contribution in [0.2, 0.25) is 0 Å². The summed E-state index contributed by atoms with van der Waals surface area (Å²) in [7, 11) is 0. The fourth-order valence-electron chi connectivity index (χ4n) is 3.06. The van der Waals surface area contributed by atoms with Gasteiger partial charge in [-0.1, -0.05) is 0 Å². The summed E-state index contributed by atoms with van der Waals surface area (Å²) in [5.41, 5.74) is 5.64. The third kappa shape index (κ3) is 6.48. The van der Waals surface area contributed by atoms with Crippen LogP contribution in [0.4, 0.5) is 10.1 Å². The number of likely N-dealkylation sites (tertiary alicyclic amines) is 1. The van der Waals surface area contributed by atoms with E-state index in [0.29, 0.717) is 18.8 Å². The quantitative estimate of drug-likeness (QED) is 0.675. The smallest absolute Gasteiger partial charge is 0.257 e. The number of nitrogens with one attached hydrogen (secondary N) is 2. The normalized spacial score (nSPS) is 16.3. The number of carbonyl (C=O) groups is 3. The van der Waals surface area contributed by atoms with Gasteiger partial charge >= 0.3 is 0 Å². The molecule has 3 amide bonds. The van der Waals surface area contributed by atoms with Crippen molar-refractivity contribution in [1.82, 2.24) is 10.2 Å². The van der Waals surface area contributed by atoms with Crippen LogP contribution in [0.1, 0.15) is 43.0 Å². The van der Waals surface area contributed by atoms with Gasteiger partial charge in [-0.15, -0.1) is 12.4 Å². The highest BCUT2D eigenvalue weighted by Gasteiger charge is 2.29. The largest absolute Gasteiger partial charge is 0.354 e. The number of anilines is 1. The summed E-state index contributed by atoms with van der Waals surface area (Å²) in [6.45, 7) is 2.42. The Morgan fingerprint density at radius 2 is 2.04 bits per heavy atom. The second-order valence-corrected chi connectivity index (χ2v) is 6.37. The fraction of sp³-hybridized carbons (Fsp3) is 0.500. The molecule has 1 saturated heterocycles. The highest BCUT2D eigenvalue weighted by molar-refractivity contribution is 5.97. The van der Waals surface area contributed by atoms with Crippen molar-refractivity contribution in [2.75, 3.05) is 25.0 Å². The van der Waals surface area contributed by atoms with Crippen LogP contribution in [0.25, 0.3) is 0 Å². The van der Waals surface area contributed by atoms with E-state index in [1.54, 1.807) is 4.90 Å². The zero-order valence-corrected chi connectivity index (χ0v) is 16.1. The third-order valence-corrected chi connectivity index (χ3v) is 4.31. The van der Waals surface area contributed by atoms with Gasteiger partial charge in [0.2, 0.25) is 11.8 Å². The predicted molar refractivity (Wildman–Crippen MR) is 103 cm³/mol. The zero-order chi connectivity index (χ0) is 19.1. The van der Waals surface area contributed by atoms with Crippen molar-refractivity contribution in [3.05, 3.63) is 29.6 Å². The second kappa shape index (κ2) is 10.8. The Labute approximate surface area is 164 Å². The number of nitrogens with zero attached hydrogens (tertiary/aromatic N) is 1. The van der Waals surface area contributed by atoms with Crippen LogP contribution in [0, 0.1) is 5.82 Å². The molecule has 1 aromatic rings. The Hall–Kier alpha value is -2.19. The van der Waals surface area contributed by atoms with Gasteiger partial charge in [0.1, 0.15) is 5.82 Å². The molecule has 0 spiro atoms. The fourth-order valence-corrected chi connectivity index (χ4v) is 3.06. The highest BCUT2D eigenvalue weighted by atomic mass is 35.5. The lowest BCUT2D eigenvalue weighted by Gasteiger charge is -2.36. The van der Waals surface area contributed by atoms with Crippen LogP contribution in [0.15, 0.2) is 18.2 Å². The topological polar surface area (TPSA) is 105 Å². The maximum absolute atomic E-state index is 14.2. The number of halogens is 2. The molecule has 27 heavy (non-hydrogen) atoms. The van der Waals surface area contributed by atoms with Crippen molar-refractivity contribution in [2.24, 2.45) is 5.73 Å². The standard InChI is InChI=1S/C18H25FN4O3.ClH/c1-12(24)22-13-5-6-16(19)15(10-13)18(26)23-9-3-2-4-14(23)11-21-17(25)7-8-20;/h5-6,10,14H,2-4,7-9,11,20H2,1H3,(H,21,25)(H,22,24);1H. The molecular formula is C18H26ClFN4O3. The molecule has 150 valence electrons. The monoisotopic (exact) mass is 400 g/mol. The van der Waals surface area contributed by atoms with Gasteiger partial charge in [-0.05, 0) is 37.5 Å². The average Bonchev–Trinajstić information content (AvgIpc) is 2.61. The first-order valence-electron chi connectivity index (χ1n) is 8.77. The third-order valence-electron chi connectivity index (χ3n) is 4.31. The molecule has 0 aliphatic carbocycles. The van der Waals surface area contributed by atoms with E-state index in [1.807, 2.05) is 0 Å². The van der Waals surface area contributed by atoms with Crippen LogP contribution < -0.4 is 16.4 Å². The molecule has 0 saturated carbocycles. The summed E-state index contributed by atoms with van der Waals surface area (Å²) < 4.78 is 14.2. The minimum absolute atomic E-state index is 0. The van der Waals surface area contributed by atoms with Crippen LogP contribution >= 0.6 is 12.4 Å². The van der Waals surface area contributed by atoms with Gasteiger partial charge in [-0.2, -0.15) is 0 Å². The molecule has 0 radical (unpaired) electrons. The van der Waals surface area contributed by atoms with E-state index >= 15 is 0 Å².